The molecular weight excluding hydrogens is 294 g/mol. The Morgan fingerprint density at radius 3 is 2.10 bits per heavy atom. The molecule has 118 valence electrons. The molecule has 1 aromatic carbocycles. The Morgan fingerprint density at radius 2 is 1.67 bits per heavy atom. The number of hydrogen-bond donors (Lipinski definition) is 1. The molecule has 1 amide bonds. The lowest BCUT2D eigenvalue weighted by molar-refractivity contribution is 0.121. The number of rotatable bonds is 4. The highest BCUT2D eigenvalue weighted by molar-refractivity contribution is 7.90. The summed E-state index contributed by atoms with van der Waals surface area (Å²) >= 11 is 0. The van der Waals surface area contributed by atoms with Crippen LogP contribution in [0.5, 0.6) is 5.75 Å². The molecule has 0 aliphatic heterocycles. The van der Waals surface area contributed by atoms with Gasteiger partial charge in [-0.1, -0.05) is 0 Å². The quantitative estimate of drug-likeness (QED) is 0.923. The van der Waals surface area contributed by atoms with Crippen LogP contribution in [-0.2, 0) is 14.8 Å². The summed E-state index contributed by atoms with van der Waals surface area (Å²) in [4.78, 5) is 11.3. The summed E-state index contributed by atoms with van der Waals surface area (Å²) < 4.78 is 36.1. The van der Waals surface area contributed by atoms with Gasteiger partial charge in [-0.25, -0.2) is 17.9 Å². The van der Waals surface area contributed by atoms with Crippen molar-refractivity contribution in [1.82, 2.24) is 4.72 Å². The molecule has 0 saturated heterocycles. The molecule has 0 radical (unpaired) electrons. The minimum atomic E-state index is -3.95. The van der Waals surface area contributed by atoms with Crippen LogP contribution in [0.1, 0.15) is 34.6 Å². The number of carbonyl (C=O) groups excluding carboxylic acids is 1. The molecule has 0 unspecified atom stereocenters. The predicted octanol–water partition coefficient (Wildman–Crippen LogP) is 2.69. The summed E-state index contributed by atoms with van der Waals surface area (Å²) in [5.74, 6) is 0.547. The van der Waals surface area contributed by atoms with Crippen molar-refractivity contribution in [3.8, 4) is 5.75 Å². The number of amides is 1. The van der Waals surface area contributed by atoms with Gasteiger partial charge in [0.1, 0.15) is 11.4 Å². The van der Waals surface area contributed by atoms with Crippen LogP contribution in [0.25, 0.3) is 0 Å². The van der Waals surface area contributed by atoms with E-state index < -0.39 is 22.2 Å². The first kappa shape index (κ1) is 17.3. The molecule has 0 atom stereocenters. The fourth-order valence-corrected chi connectivity index (χ4v) is 2.33. The van der Waals surface area contributed by atoms with Crippen molar-refractivity contribution in [1.29, 1.82) is 0 Å². The maximum absolute atomic E-state index is 12.0. The SMILES string of the molecule is CC(C)OC(=O)NS(=O)(=O)c1ccc(OC(C)(C)C)cc1. The van der Waals surface area contributed by atoms with E-state index >= 15 is 0 Å². The molecule has 21 heavy (non-hydrogen) atoms. The summed E-state index contributed by atoms with van der Waals surface area (Å²) in [6.45, 7) is 8.93. The lowest BCUT2D eigenvalue weighted by atomic mass is 10.2. The third-order valence-electron chi connectivity index (χ3n) is 2.12. The Balaban J connectivity index is 2.83. The van der Waals surface area contributed by atoms with Crippen molar-refractivity contribution in [3.63, 3.8) is 0 Å². The Hall–Kier alpha value is -1.76. The molecule has 1 N–H and O–H groups in total. The number of hydrogen-bond acceptors (Lipinski definition) is 5. The van der Waals surface area contributed by atoms with Crippen LogP contribution in [-0.4, -0.2) is 26.2 Å². The van der Waals surface area contributed by atoms with Gasteiger partial charge in [-0.3, -0.25) is 0 Å². The zero-order chi connectivity index (χ0) is 16.3. The second kappa shape index (κ2) is 6.34. The van der Waals surface area contributed by atoms with Crippen LogP contribution in [0.15, 0.2) is 29.2 Å². The summed E-state index contributed by atoms with van der Waals surface area (Å²) in [6, 6.07) is 5.80. The fourth-order valence-electron chi connectivity index (χ4n) is 1.45. The predicted molar refractivity (Wildman–Crippen MR) is 78.8 cm³/mol. The average molecular weight is 315 g/mol. The normalized spacial score (nSPS) is 12.1. The lowest BCUT2D eigenvalue weighted by Crippen LogP contribution is -2.32. The van der Waals surface area contributed by atoms with Crippen LogP contribution >= 0.6 is 0 Å². The van der Waals surface area contributed by atoms with Crippen molar-refractivity contribution in [3.05, 3.63) is 24.3 Å². The Labute approximate surface area is 125 Å². The average Bonchev–Trinajstić information content (AvgIpc) is 2.25. The van der Waals surface area contributed by atoms with Gasteiger partial charge in [0.05, 0.1) is 11.0 Å². The Morgan fingerprint density at radius 1 is 1.14 bits per heavy atom. The smallest absolute Gasteiger partial charge is 0.421 e. The third-order valence-corrected chi connectivity index (χ3v) is 3.45. The molecule has 1 rings (SSSR count). The highest BCUT2D eigenvalue weighted by atomic mass is 32.2. The zero-order valence-electron chi connectivity index (χ0n) is 12.8. The van der Waals surface area contributed by atoms with Crippen LogP contribution < -0.4 is 9.46 Å². The molecule has 7 heteroatoms. The maximum Gasteiger partial charge on any atom is 0.421 e. The highest BCUT2D eigenvalue weighted by Crippen LogP contribution is 2.20. The molecule has 0 fully saturated rings. The lowest BCUT2D eigenvalue weighted by Gasteiger charge is -2.21. The van der Waals surface area contributed by atoms with E-state index in [0.29, 0.717) is 5.75 Å². The third kappa shape index (κ3) is 6.03. The van der Waals surface area contributed by atoms with Crippen molar-refractivity contribution in [2.75, 3.05) is 0 Å². The minimum absolute atomic E-state index is 0.0375. The first-order valence-electron chi connectivity index (χ1n) is 6.52. The molecular formula is C14H21NO5S. The van der Waals surface area contributed by atoms with Crippen LogP contribution in [0, 0.1) is 0 Å². The molecule has 6 nitrogen and oxygen atoms in total. The molecule has 0 aromatic heterocycles. The van der Waals surface area contributed by atoms with E-state index in [9.17, 15) is 13.2 Å². The summed E-state index contributed by atoms with van der Waals surface area (Å²) in [7, 11) is -3.95. The molecule has 1 aromatic rings. The van der Waals surface area contributed by atoms with E-state index in [0.717, 1.165) is 0 Å². The monoisotopic (exact) mass is 315 g/mol. The van der Waals surface area contributed by atoms with Gasteiger partial charge in [0, 0.05) is 0 Å². The molecule has 0 heterocycles. The second-order valence-electron chi connectivity index (χ2n) is 5.75. The molecule has 0 spiro atoms. The van der Waals surface area contributed by atoms with E-state index in [2.05, 4.69) is 0 Å². The topological polar surface area (TPSA) is 81.7 Å². The van der Waals surface area contributed by atoms with Crippen molar-refractivity contribution < 1.29 is 22.7 Å². The minimum Gasteiger partial charge on any atom is -0.488 e. The maximum atomic E-state index is 12.0. The molecule has 0 saturated carbocycles. The van der Waals surface area contributed by atoms with E-state index in [1.807, 2.05) is 25.5 Å². The van der Waals surface area contributed by atoms with Crippen LogP contribution in [0.3, 0.4) is 0 Å². The van der Waals surface area contributed by atoms with Crippen LogP contribution in [0.4, 0.5) is 4.79 Å². The van der Waals surface area contributed by atoms with Crippen molar-refractivity contribution in [2.45, 2.75) is 51.2 Å². The van der Waals surface area contributed by atoms with Gasteiger partial charge in [0.15, 0.2) is 0 Å². The first-order chi connectivity index (χ1) is 9.49. The summed E-state index contributed by atoms with van der Waals surface area (Å²) in [5.41, 5.74) is -0.375. The van der Waals surface area contributed by atoms with Gasteiger partial charge in [-0.2, -0.15) is 0 Å². The van der Waals surface area contributed by atoms with Gasteiger partial charge < -0.3 is 9.47 Å². The van der Waals surface area contributed by atoms with Gasteiger partial charge in [0.25, 0.3) is 10.0 Å². The van der Waals surface area contributed by atoms with Crippen LogP contribution in [0.2, 0.25) is 0 Å². The number of ether oxygens (including phenoxy) is 2. The largest absolute Gasteiger partial charge is 0.488 e. The number of carbonyl (C=O) groups is 1. The van der Waals surface area contributed by atoms with E-state index in [-0.39, 0.29) is 10.5 Å². The zero-order valence-corrected chi connectivity index (χ0v) is 13.7. The van der Waals surface area contributed by atoms with Gasteiger partial charge in [-0.15, -0.1) is 0 Å². The van der Waals surface area contributed by atoms with Crippen molar-refractivity contribution in [2.24, 2.45) is 0 Å². The number of nitrogens with one attached hydrogen (secondary N) is 1. The fraction of sp³-hybridized carbons (Fsp3) is 0.500. The Kier molecular flexibility index (Phi) is 5.22. The van der Waals surface area contributed by atoms with Crippen molar-refractivity contribution >= 4 is 16.1 Å². The summed E-state index contributed by atoms with van der Waals surface area (Å²) in [6.07, 6.45) is -1.40. The van der Waals surface area contributed by atoms with E-state index in [1.54, 1.807) is 13.8 Å². The standard InChI is InChI=1S/C14H21NO5S/c1-10(2)19-13(16)15-21(17,18)12-8-6-11(7-9-12)20-14(3,4)5/h6-10H,1-5H3,(H,15,16). The van der Waals surface area contributed by atoms with Gasteiger partial charge in [-0.05, 0) is 58.9 Å². The molecule has 0 aliphatic rings. The molecule has 0 bridgehead atoms. The molecule has 0 aliphatic carbocycles. The highest BCUT2D eigenvalue weighted by Gasteiger charge is 2.20. The number of benzene rings is 1. The summed E-state index contributed by atoms with van der Waals surface area (Å²) in [5, 5.41) is 0. The number of sulfonamides is 1. The second-order valence-corrected chi connectivity index (χ2v) is 7.43. The first-order valence-corrected chi connectivity index (χ1v) is 8.00. The van der Waals surface area contributed by atoms with E-state index in [1.165, 1.54) is 24.3 Å². The van der Waals surface area contributed by atoms with Gasteiger partial charge >= 0.3 is 6.09 Å². The Bertz CT molecular complexity index is 585. The van der Waals surface area contributed by atoms with Gasteiger partial charge in [0.2, 0.25) is 0 Å². The van der Waals surface area contributed by atoms with E-state index in [4.69, 9.17) is 9.47 Å².